The molecule has 0 saturated heterocycles. The molecule has 0 aliphatic heterocycles. The van der Waals surface area contributed by atoms with E-state index in [1.807, 2.05) is 7.05 Å². The van der Waals surface area contributed by atoms with Crippen molar-refractivity contribution in [2.75, 3.05) is 26.7 Å². The first-order valence-electron chi connectivity index (χ1n) is 5.96. The smallest absolute Gasteiger partial charge is 0.328 e. The first-order chi connectivity index (χ1) is 8.38. The van der Waals surface area contributed by atoms with Gasteiger partial charge >= 0.3 is 12.0 Å². The van der Waals surface area contributed by atoms with E-state index < -0.39 is 24.6 Å². The highest BCUT2D eigenvalue weighted by molar-refractivity contribution is 5.82. The second-order valence-electron chi connectivity index (χ2n) is 4.40. The van der Waals surface area contributed by atoms with E-state index >= 15 is 0 Å². The largest absolute Gasteiger partial charge is 0.480 e. The van der Waals surface area contributed by atoms with Gasteiger partial charge in [-0.25, -0.2) is 9.59 Å². The number of carbonyl (C=O) groups excluding carboxylic acids is 1. The van der Waals surface area contributed by atoms with Crippen LogP contribution in [0.1, 0.15) is 20.3 Å². The van der Waals surface area contributed by atoms with Crippen LogP contribution in [-0.2, 0) is 4.79 Å². The van der Waals surface area contributed by atoms with Crippen LogP contribution in [0, 0.1) is 0 Å². The summed E-state index contributed by atoms with van der Waals surface area (Å²) in [6.45, 7) is 4.84. The number of aliphatic hydroxyl groups is 1. The van der Waals surface area contributed by atoms with Crippen molar-refractivity contribution < 1.29 is 19.8 Å². The minimum absolute atomic E-state index is 0.449. The second kappa shape index (κ2) is 8.71. The van der Waals surface area contributed by atoms with Crippen LogP contribution in [0.5, 0.6) is 0 Å². The average molecular weight is 261 g/mol. The summed E-state index contributed by atoms with van der Waals surface area (Å²) in [4.78, 5) is 24.0. The Kier molecular flexibility index (Phi) is 8.06. The van der Waals surface area contributed by atoms with Gasteiger partial charge in [-0.05, 0) is 33.9 Å². The molecular weight excluding hydrogens is 238 g/mol. The predicted octanol–water partition coefficient (Wildman–Crippen LogP) is -0.539. The molecule has 0 bridgehead atoms. The predicted molar refractivity (Wildman–Crippen MR) is 67.4 cm³/mol. The quantitative estimate of drug-likeness (QED) is 0.440. The highest BCUT2D eigenvalue weighted by atomic mass is 16.4. The van der Waals surface area contributed by atoms with Gasteiger partial charge < -0.3 is 25.7 Å². The summed E-state index contributed by atoms with van der Waals surface area (Å²) in [5.74, 6) is -1.26. The number of hydrogen-bond donors (Lipinski definition) is 4. The number of amides is 2. The number of urea groups is 1. The Morgan fingerprint density at radius 1 is 1.33 bits per heavy atom. The fourth-order valence-corrected chi connectivity index (χ4v) is 1.18. The van der Waals surface area contributed by atoms with E-state index in [1.165, 1.54) is 0 Å². The van der Waals surface area contributed by atoms with Crippen molar-refractivity contribution in [1.82, 2.24) is 15.5 Å². The molecule has 0 rings (SSSR count). The Morgan fingerprint density at radius 3 is 2.39 bits per heavy atom. The maximum Gasteiger partial charge on any atom is 0.328 e. The average Bonchev–Trinajstić information content (AvgIpc) is 2.30. The third-order valence-electron chi connectivity index (χ3n) is 2.64. The highest BCUT2D eigenvalue weighted by Gasteiger charge is 2.18. The molecule has 18 heavy (non-hydrogen) atoms. The molecule has 0 unspecified atom stereocenters. The van der Waals surface area contributed by atoms with Crippen molar-refractivity contribution >= 4 is 12.0 Å². The third kappa shape index (κ3) is 7.08. The van der Waals surface area contributed by atoms with Gasteiger partial charge in [0.2, 0.25) is 0 Å². The van der Waals surface area contributed by atoms with E-state index in [9.17, 15) is 9.59 Å². The molecule has 106 valence electrons. The molecule has 0 aromatic rings. The molecule has 7 nitrogen and oxygen atoms in total. The van der Waals surface area contributed by atoms with Crippen LogP contribution in [0.3, 0.4) is 0 Å². The number of nitrogens with zero attached hydrogens (tertiary/aromatic N) is 1. The van der Waals surface area contributed by atoms with Gasteiger partial charge in [-0.1, -0.05) is 0 Å². The van der Waals surface area contributed by atoms with Gasteiger partial charge in [-0.15, -0.1) is 0 Å². The molecule has 7 heteroatoms. The molecule has 0 aliphatic carbocycles. The molecule has 1 atom stereocenters. The lowest BCUT2D eigenvalue weighted by Crippen LogP contribution is -2.48. The number of hydrogen-bond acceptors (Lipinski definition) is 4. The topological polar surface area (TPSA) is 102 Å². The van der Waals surface area contributed by atoms with Crippen molar-refractivity contribution in [3.63, 3.8) is 0 Å². The van der Waals surface area contributed by atoms with E-state index in [-0.39, 0.29) is 0 Å². The zero-order valence-corrected chi connectivity index (χ0v) is 11.1. The summed E-state index contributed by atoms with van der Waals surface area (Å²) in [6, 6.07) is -1.39. The van der Waals surface area contributed by atoms with Crippen LogP contribution in [0.25, 0.3) is 0 Å². The lowest BCUT2D eigenvalue weighted by molar-refractivity contribution is -0.140. The van der Waals surface area contributed by atoms with Gasteiger partial charge in [0.05, 0.1) is 6.61 Å². The molecule has 4 N–H and O–H groups in total. The first-order valence-corrected chi connectivity index (χ1v) is 5.96. The van der Waals surface area contributed by atoms with E-state index in [0.717, 1.165) is 13.0 Å². The van der Waals surface area contributed by atoms with Crippen molar-refractivity contribution in [1.29, 1.82) is 0 Å². The minimum atomic E-state index is -1.26. The fraction of sp³-hybridized carbons (Fsp3) is 0.818. The fourth-order valence-electron chi connectivity index (χ4n) is 1.18. The van der Waals surface area contributed by atoms with Gasteiger partial charge in [-0.2, -0.15) is 0 Å². The summed E-state index contributed by atoms with van der Waals surface area (Å²) >= 11 is 0. The zero-order valence-electron chi connectivity index (χ0n) is 11.1. The van der Waals surface area contributed by atoms with Crippen molar-refractivity contribution in [2.45, 2.75) is 32.4 Å². The molecule has 0 saturated carbocycles. The Morgan fingerprint density at radius 2 is 1.94 bits per heavy atom. The van der Waals surface area contributed by atoms with Gasteiger partial charge in [0, 0.05) is 12.6 Å². The van der Waals surface area contributed by atoms with E-state index in [1.54, 1.807) is 0 Å². The Labute approximate surface area is 107 Å². The Hall–Kier alpha value is -1.34. The Bertz CT molecular complexity index is 271. The van der Waals surface area contributed by atoms with Crippen LogP contribution in [0.15, 0.2) is 0 Å². The van der Waals surface area contributed by atoms with Crippen LogP contribution < -0.4 is 10.6 Å². The van der Waals surface area contributed by atoms with Crippen LogP contribution in [0.2, 0.25) is 0 Å². The normalized spacial score (nSPS) is 12.6. The summed E-state index contributed by atoms with van der Waals surface area (Å²) in [6.07, 6.45) is 0.777. The zero-order chi connectivity index (χ0) is 14.1. The molecule has 0 aliphatic rings. The molecule has 2 amide bonds. The van der Waals surface area contributed by atoms with Crippen molar-refractivity contribution in [2.24, 2.45) is 0 Å². The molecule has 0 radical (unpaired) electrons. The first kappa shape index (κ1) is 16.7. The summed E-state index contributed by atoms with van der Waals surface area (Å²) in [7, 11) is 2.00. The van der Waals surface area contributed by atoms with Gasteiger partial charge in [-0.3, -0.25) is 0 Å². The van der Waals surface area contributed by atoms with E-state index in [0.29, 0.717) is 12.6 Å². The number of carboxylic acid groups (broad SMARTS) is 1. The summed E-state index contributed by atoms with van der Waals surface area (Å²) in [5.41, 5.74) is 0. The summed E-state index contributed by atoms with van der Waals surface area (Å²) in [5, 5.41) is 22.0. The SMILES string of the molecule is CC(C)N(C)CCCNC(=O)N[C@H](CO)C(=O)O. The number of nitrogens with one attached hydrogen (secondary N) is 2. The Balaban J connectivity index is 3.74. The van der Waals surface area contributed by atoms with Gasteiger partial charge in [0.15, 0.2) is 6.04 Å². The molecule has 0 aromatic heterocycles. The molecular formula is C11H23N3O4. The third-order valence-corrected chi connectivity index (χ3v) is 2.64. The van der Waals surface area contributed by atoms with Crippen molar-refractivity contribution in [3.05, 3.63) is 0 Å². The van der Waals surface area contributed by atoms with Crippen LogP contribution in [0.4, 0.5) is 4.79 Å². The maximum atomic E-state index is 11.3. The summed E-state index contributed by atoms with van der Waals surface area (Å²) < 4.78 is 0. The minimum Gasteiger partial charge on any atom is -0.480 e. The molecule has 0 spiro atoms. The molecule has 0 aromatic carbocycles. The molecule has 0 heterocycles. The molecule has 0 fully saturated rings. The van der Waals surface area contributed by atoms with E-state index in [2.05, 4.69) is 29.4 Å². The second-order valence-corrected chi connectivity index (χ2v) is 4.40. The monoisotopic (exact) mass is 261 g/mol. The van der Waals surface area contributed by atoms with Crippen LogP contribution >= 0.6 is 0 Å². The lowest BCUT2D eigenvalue weighted by atomic mass is 10.3. The lowest BCUT2D eigenvalue weighted by Gasteiger charge is -2.20. The number of carboxylic acids is 1. The maximum absolute atomic E-state index is 11.3. The number of carbonyl (C=O) groups is 2. The van der Waals surface area contributed by atoms with Crippen LogP contribution in [-0.4, -0.2) is 65.9 Å². The highest BCUT2D eigenvalue weighted by Crippen LogP contribution is 1.94. The number of aliphatic carboxylic acids is 1. The number of aliphatic hydroxyl groups excluding tert-OH is 1. The standard InChI is InChI=1S/C11H23N3O4/c1-8(2)14(3)6-4-5-12-11(18)13-9(7-15)10(16)17/h8-9,15H,4-7H2,1-3H3,(H,16,17)(H2,12,13,18)/t9-/m1/s1. The van der Waals surface area contributed by atoms with E-state index in [4.69, 9.17) is 10.2 Å². The van der Waals surface area contributed by atoms with Crippen molar-refractivity contribution in [3.8, 4) is 0 Å². The number of rotatable bonds is 8. The van der Waals surface area contributed by atoms with Gasteiger partial charge in [0.25, 0.3) is 0 Å². The van der Waals surface area contributed by atoms with Gasteiger partial charge in [0.1, 0.15) is 0 Å².